The van der Waals surface area contributed by atoms with Crippen LogP contribution in [0.15, 0.2) is 35.2 Å². The maximum Gasteiger partial charge on any atom is 0.246 e. The monoisotopic (exact) mass is 390 g/mol. The number of likely N-dealkylation sites (tertiary alicyclic amines) is 1. The first-order chi connectivity index (χ1) is 13.0. The Morgan fingerprint density at radius 2 is 1.56 bits per heavy atom. The van der Waals surface area contributed by atoms with Gasteiger partial charge in [0.05, 0.1) is 4.90 Å². The molecule has 6 heteroatoms. The fraction of sp³-hybridized carbons (Fsp3) is 0.571. The second kappa shape index (κ2) is 9.02. The molecule has 0 N–H and O–H groups in total. The Kier molecular flexibility index (Phi) is 6.71. The first-order valence-corrected chi connectivity index (χ1v) is 11.5. The van der Waals surface area contributed by atoms with E-state index in [1.54, 1.807) is 40.7 Å². The summed E-state index contributed by atoms with van der Waals surface area (Å²) in [6.07, 6.45) is 9.52. The van der Waals surface area contributed by atoms with Gasteiger partial charge in [-0.3, -0.25) is 4.79 Å². The number of carbonyl (C=O) groups excluding carboxylic acids is 1. The van der Waals surface area contributed by atoms with Gasteiger partial charge in [-0.15, -0.1) is 0 Å². The summed E-state index contributed by atoms with van der Waals surface area (Å²) in [4.78, 5) is 14.5. The minimum Gasteiger partial charge on any atom is -0.339 e. The molecule has 2 fully saturated rings. The molecular formula is C21H30N2O3S. The summed E-state index contributed by atoms with van der Waals surface area (Å²) in [6, 6.07) is 6.83. The number of amides is 1. The van der Waals surface area contributed by atoms with E-state index in [4.69, 9.17) is 0 Å². The zero-order chi connectivity index (χ0) is 19.3. The predicted octanol–water partition coefficient (Wildman–Crippen LogP) is 3.52. The Hall–Kier alpha value is -1.66. The summed E-state index contributed by atoms with van der Waals surface area (Å²) in [6.45, 7) is 5.06. The Morgan fingerprint density at radius 1 is 0.963 bits per heavy atom. The van der Waals surface area contributed by atoms with Gasteiger partial charge in [0, 0.05) is 32.3 Å². The van der Waals surface area contributed by atoms with Crippen molar-refractivity contribution in [3.05, 3.63) is 35.9 Å². The third kappa shape index (κ3) is 5.20. The van der Waals surface area contributed by atoms with E-state index in [0.29, 0.717) is 23.9 Å². The van der Waals surface area contributed by atoms with Crippen molar-refractivity contribution in [3.63, 3.8) is 0 Å². The first-order valence-electron chi connectivity index (χ1n) is 10.0. The van der Waals surface area contributed by atoms with E-state index >= 15 is 0 Å². The van der Waals surface area contributed by atoms with E-state index < -0.39 is 10.0 Å². The average Bonchev–Trinajstić information content (AvgIpc) is 2.97. The summed E-state index contributed by atoms with van der Waals surface area (Å²) in [5.41, 5.74) is 0.837. The van der Waals surface area contributed by atoms with Crippen LogP contribution in [0.3, 0.4) is 0 Å². The molecule has 148 valence electrons. The predicted molar refractivity (Wildman–Crippen MR) is 108 cm³/mol. The Morgan fingerprint density at radius 3 is 2.15 bits per heavy atom. The topological polar surface area (TPSA) is 57.7 Å². The molecule has 2 saturated heterocycles. The summed E-state index contributed by atoms with van der Waals surface area (Å²) in [5.74, 6) is 0.722. The maximum absolute atomic E-state index is 12.8. The molecular weight excluding hydrogens is 360 g/mol. The van der Waals surface area contributed by atoms with E-state index in [0.717, 1.165) is 57.2 Å². The molecule has 2 aliphatic heterocycles. The van der Waals surface area contributed by atoms with Gasteiger partial charge in [0.2, 0.25) is 15.9 Å². The minimum absolute atomic E-state index is 0.0307. The van der Waals surface area contributed by atoms with Crippen LogP contribution in [0.5, 0.6) is 0 Å². The largest absolute Gasteiger partial charge is 0.339 e. The minimum atomic E-state index is -3.42. The van der Waals surface area contributed by atoms with E-state index in [1.807, 2.05) is 4.90 Å². The fourth-order valence-electron chi connectivity index (χ4n) is 3.68. The average molecular weight is 391 g/mol. The fourth-order valence-corrected chi connectivity index (χ4v) is 5.20. The molecule has 27 heavy (non-hydrogen) atoms. The number of hydrogen-bond acceptors (Lipinski definition) is 3. The van der Waals surface area contributed by atoms with Gasteiger partial charge in [0.15, 0.2) is 0 Å². The van der Waals surface area contributed by atoms with Crippen LogP contribution >= 0.6 is 0 Å². The number of piperidine rings is 1. The van der Waals surface area contributed by atoms with Crippen LogP contribution in [0.25, 0.3) is 6.08 Å². The Labute approximate surface area is 163 Å². The lowest BCUT2D eigenvalue weighted by Crippen LogP contribution is -2.36. The second-order valence-corrected chi connectivity index (χ2v) is 9.67. The summed E-state index contributed by atoms with van der Waals surface area (Å²) < 4.78 is 27.2. The summed E-state index contributed by atoms with van der Waals surface area (Å²) >= 11 is 0. The third-order valence-corrected chi connectivity index (χ3v) is 7.51. The van der Waals surface area contributed by atoms with Gasteiger partial charge in [0.1, 0.15) is 0 Å². The van der Waals surface area contributed by atoms with Gasteiger partial charge in [0.25, 0.3) is 0 Å². The Bertz CT molecular complexity index is 755. The standard InChI is InChI=1S/C21H30N2O3S/c1-18-12-16-22(17-13-18)21(24)11-8-19-6-9-20(10-7-19)27(25,26)23-14-4-2-3-5-15-23/h6-11,18H,2-5,12-17H2,1H3/b11-8+. The molecule has 1 aromatic carbocycles. The highest BCUT2D eigenvalue weighted by Crippen LogP contribution is 2.21. The highest BCUT2D eigenvalue weighted by atomic mass is 32.2. The number of rotatable bonds is 4. The van der Waals surface area contributed by atoms with Gasteiger partial charge in [-0.2, -0.15) is 4.31 Å². The molecule has 2 aliphatic rings. The van der Waals surface area contributed by atoms with Gasteiger partial charge >= 0.3 is 0 Å². The zero-order valence-electron chi connectivity index (χ0n) is 16.1. The molecule has 0 unspecified atom stereocenters. The smallest absolute Gasteiger partial charge is 0.246 e. The molecule has 0 spiro atoms. The van der Waals surface area contributed by atoms with Crippen LogP contribution < -0.4 is 0 Å². The molecule has 1 amide bonds. The zero-order valence-corrected chi connectivity index (χ0v) is 17.0. The molecule has 0 radical (unpaired) electrons. The number of hydrogen-bond donors (Lipinski definition) is 0. The van der Waals surface area contributed by atoms with Gasteiger partial charge in [-0.1, -0.05) is 31.9 Å². The van der Waals surface area contributed by atoms with E-state index in [-0.39, 0.29) is 5.91 Å². The summed E-state index contributed by atoms with van der Waals surface area (Å²) in [7, 11) is -3.42. The maximum atomic E-state index is 12.8. The molecule has 3 rings (SSSR count). The lowest BCUT2D eigenvalue weighted by atomic mass is 9.99. The molecule has 0 bridgehead atoms. The molecule has 5 nitrogen and oxygen atoms in total. The SMILES string of the molecule is CC1CCN(C(=O)/C=C/c2ccc(S(=O)(=O)N3CCCCCC3)cc2)CC1. The van der Waals surface area contributed by atoms with Crippen molar-refractivity contribution in [1.82, 2.24) is 9.21 Å². The molecule has 0 saturated carbocycles. The van der Waals surface area contributed by atoms with Crippen LogP contribution in [-0.2, 0) is 14.8 Å². The third-order valence-electron chi connectivity index (χ3n) is 5.60. The van der Waals surface area contributed by atoms with Gasteiger partial charge in [-0.25, -0.2) is 8.42 Å². The number of nitrogens with zero attached hydrogens (tertiary/aromatic N) is 2. The van der Waals surface area contributed by atoms with Crippen molar-refractivity contribution in [1.29, 1.82) is 0 Å². The highest BCUT2D eigenvalue weighted by Gasteiger charge is 2.24. The number of sulfonamides is 1. The molecule has 2 heterocycles. The molecule has 0 aromatic heterocycles. The van der Waals surface area contributed by atoms with Crippen molar-refractivity contribution in [2.45, 2.75) is 50.3 Å². The normalized spacial score (nSPS) is 20.7. The van der Waals surface area contributed by atoms with Crippen LogP contribution in [0.2, 0.25) is 0 Å². The second-order valence-electron chi connectivity index (χ2n) is 7.73. The molecule has 0 atom stereocenters. The summed E-state index contributed by atoms with van der Waals surface area (Å²) in [5, 5.41) is 0. The highest BCUT2D eigenvalue weighted by molar-refractivity contribution is 7.89. The first kappa shape index (κ1) is 20.1. The van der Waals surface area contributed by atoms with Gasteiger partial charge < -0.3 is 4.90 Å². The van der Waals surface area contributed by atoms with Crippen LogP contribution in [0, 0.1) is 5.92 Å². The van der Waals surface area contributed by atoms with E-state index in [2.05, 4.69) is 6.92 Å². The van der Waals surface area contributed by atoms with E-state index in [9.17, 15) is 13.2 Å². The van der Waals surface area contributed by atoms with Crippen LogP contribution in [0.4, 0.5) is 0 Å². The number of carbonyl (C=O) groups is 1. The number of benzene rings is 1. The molecule has 1 aromatic rings. The van der Waals surface area contributed by atoms with Gasteiger partial charge in [-0.05, 0) is 55.4 Å². The van der Waals surface area contributed by atoms with Crippen LogP contribution in [0.1, 0.15) is 51.0 Å². The van der Waals surface area contributed by atoms with Crippen molar-refractivity contribution in [3.8, 4) is 0 Å². The Balaban J connectivity index is 1.63. The lowest BCUT2D eigenvalue weighted by molar-refractivity contribution is -0.127. The quantitative estimate of drug-likeness (QED) is 0.739. The molecule has 0 aliphatic carbocycles. The van der Waals surface area contributed by atoms with Crippen molar-refractivity contribution < 1.29 is 13.2 Å². The van der Waals surface area contributed by atoms with Crippen molar-refractivity contribution in [2.75, 3.05) is 26.2 Å². The van der Waals surface area contributed by atoms with Crippen LogP contribution in [-0.4, -0.2) is 49.7 Å². The lowest BCUT2D eigenvalue weighted by Gasteiger charge is -2.29. The van der Waals surface area contributed by atoms with E-state index in [1.165, 1.54) is 0 Å². The van der Waals surface area contributed by atoms with Crippen molar-refractivity contribution >= 4 is 22.0 Å². The van der Waals surface area contributed by atoms with Crippen molar-refractivity contribution in [2.24, 2.45) is 5.92 Å².